The van der Waals surface area contributed by atoms with Gasteiger partial charge in [0, 0.05) is 19.2 Å². The Bertz CT molecular complexity index is 980. The van der Waals surface area contributed by atoms with Crippen LogP contribution in [0, 0.1) is 0 Å². The highest BCUT2D eigenvalue weighted by atomic mass is 16.5. The van der Waals surface area contributed by atoms with Crippen LogP contribution in [0.5, 0.6) is 5.75 Å². The van der Waals surface area contributed by atoms with Crippen LogP contribution in [-0.2, 0) is 4.79 Å². The summed E-state index contributed by atoms with van der Waals surface area (Å²) in [6.07, 6.45) is 7.99. The molecular weight excluding hydrogens is 388 g/mol. The van der Waals surface area contributed by atoms with Gasteiger partial charge in [0.05, 0.1) is 19.1 Å². The van der Waals surface area contributed by atoms with E-state index < -0.39 is 5.92 Å². The molecule has 0 fully saturated rings. The Labute approximate surface area is 184 Å². The molecule has 31 heavy (non-hydrogen) atoms. The number of amides is 2. The van der Waals surface area contributed by atoms with Gasteiger partial charge >= 0.3 is 0 Å². The molecule has 2 aliphatic rings. The molecule has 5 nitrogen and oxygen atoms in total. The summed E-state index contributed by atoms with van der Waals surface area (Å²) < 4.78 is 5.28. The van der Waals surface area contributed by atoms with Gasteiger partial charge in [0.25, 0.3) is 5.91 Å². The summed E-state index contributed by atoms with van der Waals surface area (Å²) in [5.74, 6) is 0.181. The molecule has 1 N–H and O–H groups in total. The maximum absolute atomic E-state index is 13.5. The van der Waals surface area contributed by atoms with Gasteiger partial charge in [0.2, 0.25) is 5.91 Å². The van der Waals surface area contributed by atoms with Crippen molar-refractivity contribution in [1.82, 2.24) is 10.2 Å². The zero-order chi connectivity index (χ0) is 21.8. The van der Waals surface area contributed by atoms with Crippen LogP contribution in [0.3, 0.4) is 0 Å². The fourth-order valence-electron chi connectivity index (χ4n) is 4.76. The number of carbonyl (C=O) groups excluding carboxylic acids is 2. The SMILES string of the molecule is COc1ccc([C@@H]2[C@@H](C(=O)NCCC3=CCCCC3)c3ccccc3C(=O)N2C)cc1. The topological polar surface area (TPSA) is 58.6 Å². The number of benzene rings is 2. The Kier molecular flexibility index (Phi) is 6.40. The lowest BCUT2D eigenvalue weighted by Crippen LogP contribution is -2.45. The minimum absolute atomic E-state index is 0.0379. The van der Waals surface area contributed by atoms with E-state index in [4.69, 9.17) is 4.74 Å². The average molecular weight is 419 g/mol. The number of fused-ring (bicyclic) bond motifs is 1. The monoisotopic (exact) mass is 418 g/mol. The van der Waals surface area contributed by atoms with Crippen molar-refractivity contribution in [3.05, 3.63) is 76.9 Å². The highest BCUT2D eigenvalue weighted by molar-refractivity contribution is 6.01. The summed E-state index contributed by atoms with van der Waals surface area (Å²) in [7, 11) is 3.40. The van der Waals surface area contributed by atoms with Gasteiger partial charge < -0.3 is 15.0 Å². The number of carbonyl (C=O) groups is 2. The van der Waals surface area contributed by atoms with Gasteiger partial charge in [-0.1, -0.05) is 42.0 Å². The molecule has 162 valence electrons. The number of nitrogens with zero attached hydrogens (tertiary/aromatic N) is 1. The van der Waals surface area contributed by atoms with E-state index in [9.17, 15) is 9.59 Å². The molecule has 2 aromatic carbocycles. The first-order chi connectivity index (χ1) is 15.1. The van der Waals surface area contributed by atoms with Crippen molar-refractivity contribution in [3.63, 3.8) is 0 Å². The third-order valence-electron chi connectivity index (χ3n) is 6.45. The van der Waals surface area contributed by atoms with E-state index in [1.165, 1.54) is 18.4 Å². The fourth-order valence-corrected chi connectivity index (χ4v) is 4.76. The van der Waals surface area contributed by atoms with Gasteiger partial charge in [0.15, 0.2) is 0 Å². The van der Waals surface area contributed by atoms with Gasteiger partial charge in [-0.15, -0.1) is 0 Å². The second-order valence-corrected chi connectivity index (χ2v) is 8.35. The van der Waals surface area contributed by atoms with Gasteiger partial charge in [-0.2, -0.15) is 0 Å². The summed E-state index contributed by atoms with van der Waals surface area (Å²) in [6, 6.07) is 14.7. The minimum Gasteiger partial charge on any atom is -0.497 e. The van der Waals surface area contributed by atoms with Crippen molar-refractivity contribution in [2.45, 2.75) is 44.1 Å². The number of methoxy groups -OCH3 is 1. The summed E-state index contributed by atoms with van der Waals surface area (Å²) in [5.41, 5.74) is 3.75. The quantitative estimate of drug-likeness (QED) is 0.697. The zero-order valence-electron chi connectivity index (χ0n) is 18.3. The first-order valence-corrected chi connectivity index (χ1v) is 11.1. The van der Waals surface area contributed by atoms with Crippen LogP contribution in [0.15, 0.2) is 60.2 Å². The number of hydrogen-bond acceptors (Lipinski definition) is 3. The molecule has 0 radical (unpaired) electrons. The molecule has 0 bridgehead atoms. The number of hydrogen-bond donors (Lipinski definition) is 1. The first kappa shape index (κ1) is 21.2. The average Bonchev–Trinajstić information content (AvgIpc) is 2.82. The maximum atomic E-state index is 13.5. The van der Waals surface area contributed by atoms with E-state index in [0.717, 1.165) is 36.1 Å². The minimum atomic E-state index is -0.465. The Morgan fingerprint density at radius 1 is 1.13 bits per heavy atom. The third-order valence-corrected chi connectivity index (χ3v) is 6.45. The molecule has 0 saturated carbocycles. The van der Waals surface area contributed by atoms with Crippen LogP contribution in [-0.4, -0.2) is 37.4 Å². The van der Waals surface area contributed by atoms with E-state index in [2.05, 4.69) is 11.4 Å². The van der Waals surface area contributed by atoms with E-state index in [-0.39, 0.29) is 17.9 Å². The summed E-state index contributed by atoms with van der Waals surface area (Å²) >= 11 is 0. The van der Waals surface area contributed by atoms with Crippen LogP contribution in [0.1, 0.15) is 65.5 Å². The summed E-state index contributed by atoms with van der Waals surface area (Å²) in [4.78, 5) is 28.2. The highest BCUT2D eigenvalue weighted by Gasteiger charge is 2.42. The fraction of sp³-hybridized carbons (Fsp3) is 0.385. The van der Waals surface area contributed by atoms with E-state index in [1.54, 1.807) is 19.1 Å². The number of allylic oxidation sites excluding steroid dienone is 1. The Hall–Kier alpha value is -3.08. The van der Waals surface area contributed by atoms with Gasteiger partial charge in [-0.05, 0) is 61.4 Å². The van der Waals surface area contributed by atoms with Crippen molar-refractivity contribution in [1.29, 1.82) is 0 Å². The molecular formula is C26H30N2O3. The predicted molar refractivity (Wildman–Crippen MR) is 121 cm³/mol. The van der Waals surface area contributed by atoms with Crippen molar-refractivity contribution < 1.29 is 14.3 Å². The van der Waals surface area contributed by atoms with E-state index >= 15 is 0 Å². The van der Waals surface area contributed by atoms with Crippen molar-refractivity contribution >= 4 is 11.8 Å². The van der Waals surface area contributed by atoms with Crippen molar-refractivity contribution in [2.24, 2.45) is 0 Å². The largest absolute Gasteiger partial charge is 0.497 e. The van der Waals surface area contributed by atoms with Crippen LogP contribution < -0.4 is 10.1 Å². The van der Waals surface area contributed by atoms with Crippen LogP contribution in [0.25, 0.3) is 0 Å². The molecule has 0 unspecified atom stereocenters. The van der Waals surface area contributed by atoms with Crippen LogP contribution in [0.4, 0.5) is 0 Å². The van der Waals surface area contributed by atoms with E-state index in [0.29, 0.717) is 12.1 Å². The van der Waals surface area contributed by atoms with Gasteiger partial charge in [0.1, 0.15) is 5.75 Å². The first-order valence-electron chi connectivity index (χ1n) is 11.1. The van der Waals surface area contributed by atoms with Crippen molar-refractivity contribution in [3.8, 4) is 5.75 Å². The van der Waals surface area contributed by atoms with Gasteiger partial charge in [-0.3, -0.25) is 9.59 Å². The lowest BCUT2D eigenvalue weighted by atomic mass is 9.79. The molecule has 0 spiro atoms. The van der Waals surface area contributed by atoms with Crippen LogP contribution >= 0.6 is 0 Å². The smallest absolute Gasteiger partial charge is 0.254 e. The number of ether oxygens (including phenoxy) is 1. The molecule has 2 aromatic rings. The van der Waals surface area contributed by atoms with Gasteiger partial charge in [-0.25, -0.2) is 0 Å². The van der Waals surface area contributed by atoms with E-state index in [1.807, 2.05) is 48.5 Å². The standard InChI is InChI=1S/C26H30N2O3/c1-28-24(19-12-14-20(31-2)15-13-19)23(21-10-6-7-11-22(21)26(28)30)25(29)27-17-16-18-8-4-3-5-9-18/h6-8,10-15,23-24H,3-5,9,16-17H2,1-2H3,(H,27,29)/t23-,24+/m0/s1. The van der Waals surface area contributed by atoms with Crippen LogP contribution in [0.2, 0.25) is 0 Å². The number of nitrogens with one attached hydrogen (secondary N) is 1. The molecule has 2 atom stereocenters. The second kappa shape index (κ2) is 9.38. The highest BCUT2D eigenvalue weighted by Crippen LogP contribution is 2.42. The zero-order valence-corrected chi connectivity index (χ0v) is 18.3. The summed E-state index contributed by atoms with van der Waals surface area (Å²) in [5, 5.41) is 3.16. The Morgan fingerprint density at radius 2 is 1.90 bits per heavy atom. The third kappa shape index (κ3) is 4.36. The molecule has 1 aliphatic heterocycles. The Morgan fingerprint density at radius 3 is 2.61 bits per heavy atom. The Balaban J connectivity index is 1.62. The maximum Gasteiger partial charge on any atom is 0.254 e. The number of likely N-dealkylation sites (N-methyl/N-ethyl adjacent to an activating group) is 1. The molecule has 0 saturated heterocycles. The molecule has 0 aromatic heterocycles. The predicted octanol–water partition coefficient (Wildman–Crippen LogP) is 4.61. The van der Waals surface area contributed by atoms with Crippen molar-refractivity contribution in [2.75, 3.05) is 20.7 Å². The lowest BCUT2D eigenvalue weighted by Gasteiger charge is -2.39. The molecule has 2 amide bonds. The molecule has 1 heterocycles. The molecule has 1 aliphatic carbocycles. The number of rotatable bonds is 6. The molecule has 4 rings (SSSR count). The second-order valence-electron chi connectivity index (χ2n) is 8.35. The molecule has 5 heteroatoms. The normalized spacial score (nSPS) is 20.6. The summed E-state index contributed by atoms with van der Waals surface area (Å²) in [6.45, 7) is 0.621. The lowest BCUT2D eigenvalue weighted by molar-refractivity contribution is -0.124.